The minimum atomic E-state index is -1.47. The topological polar surface area (TPSA) is 12.4 Å². The molecule has 1 nitrogen and oxygen atoms in total. The van der Waals surface area contributed by atoms with Gasteiger partial charge >= 0.3 is 0 Å². The molecule has 1 atom stereocenters. The number of hydrogen-bond donors (Lipinski definition) is 0. The van der Waals surface area contributed by atoms with E-state index < -0.39 is 13.8 Å². The Morgan fingerprint density at radius 1 is 1.57 bits per heavy atom. The van der Waals surface area contributed by atoms with Crippen molar-refractivity contribution >= 4 is 47.6 Å². The lowest BCUT2D eigenvalue weighted by Gasteiger charge is -1.88. The molecule has 0 aromatic heterocycles. The Hall–Kier alpha value is 1.53. The predicted molar refractivity (Wildman–Crippen MR) is 41.1 cm³/mol. The van der Waals surface area contributed by atoms with Crippen LogP contribution in [0, 0.1) is 0 Å². The maximum atomic E-state index is 5.43. The summed E-state index contributed by atoms with van der Waals surface area (Å²) in [4.78, 5) is 0. The van der Waals surface area contributed by atoms with E-state index in [1.54, 1.807) is 6.66 Å². The van der Waals surface area contributed by atoms with Crippen LogP contribution >= 0.6 is 47.6 Å². The van der Waals surface area contributed by atoms with Crippen molar-refractivity contribution in [3.05, 3.63) is 0 Å². The second-order valence-electron chi connectivity index (χ2n) is 0.785. The summed E-state index contributed by atoms with van der Waals surface area (Å²) in [5, 5.41) is 0. The molecule has 0 radical (unpaired) electrons. The van der Waals surface area contributed by atoms with Gasteiger partial charge in [-0.25, -0.2) is 4.52 Å². The first-order valence-corrected chi connectivity index (χ1v) is 7.54. The minimum absolute atomic E-state index is 0.761. The maximum Gasteiger partial charge on any atom is 0.130 e. The summed E-state index contributed by atoms with van der Waals surface area (Å²) in [6.45, 7) is 1.78. The summed E-state index contributed by atoms with van der Waals surface area (Å²) < 4.78 is 3.74. The summed E-state index contributed by atoms with van der Waals surface area (Å²) in [5.74, 6) is 0. The first-order valence-electron chi connectivity index (χ1n) is 1.42. The van der Waals surface area contributed by atoms with E-state index in [0.29, 0.717) is 0 Å². The molecule has 0 aromatic rings. The lowest BCUT2D eigenvalue weighted by atomic mass is 12.0. The van der Waals surface area contributed by atoms with Gasteiger partial charge in [0.25, 0.3) is 0 Å². The van der Waals surface area contributed by atoms with E-state index in [-0.39, 0.29) is 0 Å². The molecule has 0 rings (SSSR count). The first kappa shape index (κ1) is 8.53. The van der Waals surface area contributed by atoms with Crippen LogP contribution in [0.4, 0.5) is 0 Å². The van der Waals surface area contributed by atoms with Gasteiger partial charge in [-0.2, -0.15) is 0 Å². The molecule has 0 saturated carbocycles. The van der Waals surface area contributed by atoms with E-state index >= 15 is 0 Å². The molecule has 0 aromatic carbocycles. The number of rotatable bonds is 1. The molecule has 0 saturated heterocycles. The van der Waals surface area contributed by atoms with E-state index in [9.17, 15) is 0 Å². The molecule has 0 fully saturated rings. The van der Waals surface area contributed by atoms with Crippen LogP contribution < -0.4 is 0 Å². The average molecular weight is 198 g/mol. The van der Waals surface area contributed by atoms with Gasteiger partial charge in [0.05, 0.1) is 0 Å². The lowest BCUT2D eigenvalue weighted by Crippen LogP contribution is -1.36. The summed E-state index contributed by atoms with van der Waals surface area (Å²) in [5.41, 5.74) is 0. The fourth-order valence-corrected chi connectivity index (χ4v) is 4.36. The zero-order chi connectivity index (χ0) is 5.86. The Balaban J connectivity index is 3.45. The van der Waals surface area contributed by atoms with Crippen LogP contribution in [0.5, 0.6) is 0 Å². The van der Waals surface area contributed by atoms with Gasteiger partial charge in [0, 0.05) is 0 Å². The molecular formula is CH4Cl3NP2. The van der Waals surface area contributed by atoms with Crippen LogP contribution in [-0.4, -0.2) is 6.66 Å². The summed E-state index contributed by atoms with van der Waals surface area (Å²) in [7, 11) is -0.761. The molecule has 0 aliphatic rings. The number of halogens is 3. The van der Waals surface area contributed by atoms with Gasteiger partial charge in [-0.05, 0) is 6.66 Å². The second-order valence-corrected chi connectivity index (χ2v) is 7.15. The Kier molecular flexibility index (Phi) is 5.38. The summed E-state index contributed by atoms with van der Waals surface area (Å²) in [6, 6.07) is 0. The molecular weight excluding hydrogens is 194 g/mol. The molecule has 0 amide bonds. The standard InChI is InChI=1S/CH4Cl3NP2/c1-6(2)5-7(3)4/h7H,1H3/t6-/m0/s1. The highest BCUT2D eigenvalue weighted by Crippen LogP contribution is 2.51. The van der Waals surface area contributed by atoms with E-state index in [0.717, 1.165) is 0 Å². The van der Waals surface area contributed by atoms with Crippen molar-refractivity contribution in [2.75, 3.05) is 6.66 Å². The molecule has 0 aliphatic carbocycles. The quantitative estimate of drug-likeness (QED) is 0.567. The van der Waals surface area contributed by atoms with Crippen LogP contribution in [0.15, 0.2) is 4.52 Å². The van der Waals surface area contributed by atoms with E-state index in [1.807, 2.05) is 0 Å². The predicted octanol–water partition coefficient (Wildman–Crippen LogP) is 3.87. The van der Waals surface area contributed by atoms with E-state index in [1.165, 1.54) is 0 Å². The highest BCUT2D eigenvalue weighted by Gasteiger charge is 1.87. The maximum absolute atomic E-state index is 5.43. The summed E-state index contributed by atoms with van der Waals surface area (Å²) >= 11 is 16.0. The van der Waals surface area contributed by atoms with Crippen molar-refractivity contribution in [1.82, 2.24) is 0 Å². The average Bonchev–Trinajstić information content (AvgIpc) is 1.27. The van der Waals surface area contributed by atoms with Crippen LogP contribution in [0.2, 0.25) is 0 Å². The first-order chi connectivity index (χ1) is 3.13. The SMILES string of the molecule is C[P@@](Cl)N=[PH](Cl)Cl. The van der Waals surface area contributed by atoms with Gasteiger partial charge in [0.1, 0.15) is 13.8 Å². The smallest absolute Gasteiger partial charge is 0.130 e. The van der Waals surface area contributed by atoms with Crippen LogP contribution in [-0.2, 0) is 0 Å². The van der Waals surface area contributed by atoms with Crippen molar-refractivity contribution in [3.63, 3.8) is 0 Å². The Morgan fingerprint density at radius 2 is 2.00 bits per heavy atom. The zero-order valence-corrected chi connectivity index (χ0v) is 7.69. The highest BCUT2D eigenvalue weighted by atomic mass is 35.9. The molecule has 0 unspecified atom stereocenters. The van der Waals surface area contributed by atoms with E-state index in [2.05, 4.69) is 4.52 Å². The monoisotopic (exact) mass is 197 g/mol. The van der Waals surface area contributed by atoms with Gasteiger partial charge in [0.2, 0.25) is 0 Å². The van der Waals surface area contributed by atoms with Crippen LogP contribution in [0.25, 0.3) is 0 Å². The van der Waals surface area contributed by atoms with Gasteiger partial charge in [-0.3, -0.25) is 0 Å². The van der Waals surface area contributed by atoms with Crippen molar-refractivity contribution in [2.24, 2.45) is 4.52 Å². The third kappa shape index (κ3) is 7.53. The Bertz CT molecular complexity index is 77.0. The minimum Gasteiger partial charge on any atom is -0.236 e. The molecule has 0 N–H and O–H groups in total. The van der Waals surface area contributed by atoms with Crippen LogP contribution in [0.1, 0.15) is 0 Å². The lowest BCUT2D eigenvalue weighted by molar-refractivity contribution is 2.01. The van der Waals surface area contributed by atoms with Crippen molar-refractivity contribution in [1.29, 1.82) is 0 Å². The molecule has 0 spiro atoms. The fourth-order valence-electron chi connectivity index (χ4n) is 0.104. The van der Waals surface area contributed by atoms with Crippen molar-refractivity contribution < 1.29 is 0 Å². The van der Waals surface area contributed by atoms with Gasteiger partial charge in [0.15, 0.2) is 0 Å². The number of nitrogens with zero attached hydrogens (tertiary/aromatic N) is 1. The van der Waals surface area contributed by atoms with Gasteiger partial charge < -0.3 is 0 Å². The second kappa shape index (κ2) is 4.41. The Morgan fingerprint density at radius 3 is 2.00 bits per heavy atom. The van der Waals surface area contributed by atoms with E-state index in [4.69, 9.17) is 33.7 Å². The van der Waals surface area contributed by atoms with Crippen molar-refractivity contribution in [3.8, 4) is 0 Å². The zero-order valence-electron chi connectivity index (χ0n) is 3.53. The third-order valence-corrected chi connectivity index (χ3v) is 3.96. The molecule has 0 aliphatic heterocycles. The van der Waals surface area contributed by atoms with Gasteiger partial charge in [-0.15, -0.1) is 0 Å². The van der Waals surface area contributed by atoms with Gasteiger partial charge in [-0.1, -0.05) is 33.7 Å². The molecule has 6 heteroatoms. The molecule has 0 bridgehead atoms. The molecule has 44 valence electrons. The summed E-state index contributed by atoms with van der Waals surface area (Å²) in [6.07, 6.45) is -1.47. The Labute approximate surface area is 59.0 Å². The molecule has 0 heterocycles. The molecule has 7 heavy (non-hydrogen) atoms. The van der Waals surface area contributed by atoms with Crippen LogP contribution in [0.3, 0.4) is 0 Å². The van der Waals surface area contributed by atoms with Crippen molar-refractivity contribution in [2.45, 2.75) is 0 Å². The normalized spacial score (nSPS) is 14.4. The number of hydrogen-bond acceptors (Lipinski definition) is 1. The largest absolute Gasteiger partial charge is 0.236 e. The third-order valence-electron chi connectivity index (χ3n) is 0.213. The fraction of sp³-hybridized carbons (Fsp3) is 1.00. The highest BCUT2D eigenvalue weighted by molar-refractivity contribution is 8.01.